The Morgan fingerprint density at radius 2 is 1.90 bits per heavy atom. The van der Waals surface area contributed by atoms with Crippen LogP contribution in [0.3, 0.4) is 0 Å². The van der Waals surface area contributed by atoms with Crippen LogP contribution < -0.4 is 4.90 Å². The molecule has 0 fully saturated rings. The van der Waals surface area contributed by atoms with Crippen LogP contribution in [0.1, 0.15) is 32.3 Å². The predicted octanol–water partition coefficient (Wildman–Crippen LogP) is 3.44. The van der Waals surface area contributed by atoms with Crippen molar-refractivity contribution in [2.45, 2.75) is 32.1 Å². The Kier molecular flexibility index (Phi) is 3.08. The van der Waals surface area contributed by atoms with Crippen molar-refractivity contribution in [2.75, 3.05) is 11.9 Å². The zero-order valence-corrected chi connectivity index (χ0v) is 12.6. The van der Waals surface area contributed by atoms with Crippen molar-refractivity contribution in [3.05, 3.63) is 42.0 Å². The maximum atomic E-state index is 12.8. The largest absolute Gasteiger partial charge is 0.314 e. The van der Waals surface area contributed by atoms with Crippen LogP contribution >= 0.6 is 0 Å². The van der Waals surface area contributed by atoms with E-state index in [-0.39, 0.29) is 11.7 Å². The Hall–Kier alpha value is -2.16. The minimum absolute atomic E-state index is 0.0788. The van der Waals surface area contributed by atoms with Crippen LogP contribution in [-0.4, -0.2) is 18.7 Å². The monoisotopic (exact) mass is 281 g/mol. The molecule has 1 atom stereocenters. The zero-order chi connectivity index (χ0) is 15.2. The first-order valence-corrected chi connectivity index (χ1v) is 7.25. The molecule has 1 aliphatic rings. The fraction of sp³-hybridized carbons (Fsp3) is 0.333. The Morgan fingerprint density at radius 1 is 1.19 bits per heavy atom. The van der Waals surface area contributed by atoms with E-state index in [4.69, 9.17) is 0 Å². The summed E-state index contributed by atoms with van der Waals surface area (Å²) in [6, 6.07) is 12.2. The van der Waals surface area contributed by atoms with E-state index in [2.05, 4.69) is 18.2 Å². The lowest BCUT2D eigenvalue weighted by Gasteiger charge is -2.22. The lowest BCUT2D eigenvalue weighted by Crippen LogP contribution is -2.36. The lowest BCUT2D eigenvalue weighted by atomic mass is 9.78. The van der Waals surface area contributed by atoms with E-state index in [9.17, 15) is 9.59 Å². The Balaban J connectivity index is 2.19. The van der Waals surface area contributed by atoms with Gasteiger partial charge in [0.05, 0.1) is 11.1 Å². The molecule has 21 heavy (non-hydrogen) atoms. The van der Waals surface area contributed by atoms with Crippen molar-refractivity contribution in [3.8, 4) is 0 Å². The van der Waals surface area contributed by atoms with Gasteiger partial charge in [-0.15, -0.1) is 0 Å². The highest BCUT2D eigenvalue weighted by Gasteiger charge is 2.46. The number of hydrogen-bond acceptors (Lipinski definition) is 2. The molecule has 1 amide bonds. The Bertz CT molecular complexity index is 750. The SMILES string of the molecule is CC(=O)CCC1(C)C(=O)N(C)c2c1ccc1ccccc21. The van der Waals surface area contributed by atoms with Crippen LogP contribution in [-0.2, 0) is 15.0 Å². The van der Waals surface area contributed by atoms with Crippen LogP contribution in [0, 0.1) is 0 Å². The first-order valence-electron chi connectivity index (χ1n) is 7.25. The summed E-state index contributed by atoms with van der Waals surface area (Å²) in [4.78, 5) is 25.8. The standard InChI is InChI=1S/C18H19NO2/c1-12(20)10-11-18(2)15-9-8-13-6-4-5-7-14(13)16(15)19(3)17(18)21/h4-9H,10-11H2,1-3H3. The third-order valence-electron chi connectivity index (χ3n) is 4.58. The van der Waals surface area contributed by atoms with Crippen LogP contribution in [0.4, 0.5) is 5.69 Å². The quantitative estimate of drug-likeness (QED) is 0.864. The molecule has 0 radical (unpaired) electrons. The highest BCUT2D eigenvalue weighted by molar-refractivity contribution is 6.14. The number of benzene rings is 2. The maximum absolute atomic E-state index is 12.8. The molecule has 0 N–H and O–H groups in total. The van der Waals surface area contributed by atoms with Crippen molar-refractivity contribution in [3.63, 3.8) is 0 Å². The molecule has 0 bridgehead atoms. The number of Topliss-reactive ketones (excluding diaryl/α,β-unsaturated/α-hetero) is 1. The molecule has 1 heterocycles. The van der Waals surface area contributed by atoms with Gasteiger partial charge in [0, 0.05) is 18.9 Å². The van der Waals surface area contributed by atoms with E-state index in [1.165, 1.54) is 0 Å². The number of likely N-dealkylation sites (N-methyl/N-ethyl adjacent to an activating group) is 1. The van der Waals surface area contributed by atoms with E-state index in [0.717, 1.165) is 22.0 Å². The molecule has 1 aliphatic heterocycles. The smallest absolute Gasteiger partial charge is 0.237 e. The molecule has 0 aromatic heterocycles. The number of nitrogens with zero attached hydrogens (tertiary/aromatic N) is 1. The number of carbonyl (C=O) groups excluding carboxylic acids is 2. The van der Waals surface area contributed by atoms with Gasteiger partial charge >= 0.3 is 0 Å². The van der Waals surface area contributed by atoms with Gasteiger partial charge in [-0.2, -0.15) is 0 Å². The predicted molar refractivity (Wildman–Crippen MR) is 84.6 cm³/mol. The van der Waals surface area contributed by atoms with E-state index < -0.39 is 5.41 Å². The molecule has 3 nitrogen and oxygen atoms in total. The average molecular weight is 281 g/mol. The fourth-order valence-electron chi connectivity index (χ4n) is 3.32. The highest BCUT2D eigenvalue weighted by Crippen LogP contribution is 2.47. The second-order valence-electron chi connectivity index (χ2n) is 6.08. The van der Waals surface area contributed by atoms with Crippen molar-refractivity contribution < 1.29 is 9.59 Å². The number of fused-ring (bicyclic) bond motifs is 3. The van der Waals surface area contributed by atoms with Crippen LogP contribution in [0.2, 0.25) is 0 Å². The summed E-state index contributed by atoms with van der Waals surface area (Å²) in [6.07, 6.45) is 0.999. The second kappa shape index (κ2) is 4.69. The molecule has 0 aliphatic carbocycles. The molecule has 0 saturated carbocycles. The molecule has 2 aromatic rings. The van der Waals surface area contributed by atoms with Gasteiger partial charge in [0.25, 0.3) is 0 Å². The van der Waals surface area contributed by atoms with Crippen LogP contribution in [0.15, 0.2) is 36.4 Å². The van der Waals surface area contributed by atoms with Crippen LogP contribution in [0.5, 0.6) is 0 Å². The first kappa shape index (κ1) is 13.8. The van der Waals surface area contributed by atoms with Crippen molar-refractivity contribution in [1.82, 2.24) is 0 Å². The van der Waals surface area contributed by atoms with Crippen molar-refractivity contribution in [1.29, 1.82) is 0 Å². The van der Waals surface area contributed by atoms with E-state index in [1.807, 2.05) is 32.2 Å². The molecule has 0 spiro atoms. The van der Waals surface area contributed by atoms with E-state index >= 15 is 0 Å². The average Bonchev–Trinajstić information content (AvgIpc) is 2.68. The minimum atomic E-state index is -0.597. The van der Waals surface area contributed by atoms with E-state index in [0.29, 0.717) is 12.8 Å². The van der Waals surface area contributed by atoms with Gasteiger partial charge in [0.2, 0.25) is 5.91 Å². The number of rotatable bonds is 3. The Morgan fingerprint density at radius 3 is 2.62 bits per heavy atom. The van der Waals surface area contributed by atoms with Gasteiger partial charge < -0.3 is 9.69 Å². The molecular weight excluding hydrogens is 262 g/mol. The summed E-state index contributed by atoms with van der Waals surface area (Å²) in [5.74, 6) is 0.205. The normalized spacial score (nSPS) is 20.9. The second-order valence-corrected chi connectivity index (χ2v) is 6.08. The van der Waals surface area contributed by atoms with Crippen LogP contribution in [0.25, 0.3) is 10.8 Å². The summed E-state index contributed by atoms with van der Waals surface area (Å²) in [6.45, 7) is 3.53. The number of anilines is 1. The van der Waals surface area contributed by atoms with Gasteiger partial charge in [-0.05, 0) is 31.2 Å². The van der Waals surface area contributed by atoms with Gasteiger partial charge in [0.1, 0.15) is 5.78 Å². The molecule has 0 saturated heterocycles. The van der Waals surface area contributed by atoms with Gasteiger partial charge in [-0.25, -0.2) is 0 Å². The van der Waals surface area contributed by atoms with Gasteiger partial charge in [0.15, 0.2) is 0 Å². The summed E-state index contributed by atoms with van der Waals surface area (Å²) in [5, 5.41) is 2.23. The summed E-state index contributed by atoms with van der Waals surface area (Å²) >= 11 is 0. The summed E-state index contributed by atoms with van der Waals surface area (Å²) < 4.78 is 0. The topological polar surface area (TPSA) is 37.4 Å². The number of ketones is 1. The fourth-order valence-corrected chi connectivity index (χ4v) is 3.32. The molecule has 2 aromatic carbocycles. The molecule has 3 rings (SSSR count). The Labute approximate surface area is 124 Å². The number of amides is 1. The molecule has 3 heteroatoms. The van der Waals surface area contributed by atoms with Gasteiger partial charge in [-0.3, -0.25) is 4.79 Å². The third-order valence-corrected chi connectivity index (χ3v) is 4.58. The third kappa shape index (κ3) is 1.96. The van der Waals surface area contributed by atoms with Crippen molar-refractivity contribution >= 4 is 28.2 Å². The summed E-state index contributed by atoms with van der Waals surface area (Å²) in [5.41, 5.74) is 1.43. The number of hydrogen-bond donors (Lipinski definition) is 0. The highest BCUT2D eigenvalue weighted by atomic mass is 16.2. The zero-order valence-electron chi connectivity index (χ0n) is 12.6. The molecule has 1 unspecified atom stereocenters. The van der Waals surface area contributed by atoms with Gasteiger partial charge in [-0.1, -0.05) is 36.4 Å². The maximum Gasteiger partial charge on any atom is 0.237 e. The molecule has 108 valence electrons. The molecular formula is C18H19NO2. The number of carbonyl (C=O) groups is 2. The lowest BCUT2D eigenvalue weighted by molar-refractivity contribution is -0.123. The van der Waals surface area contributed by atoms with Crippen molar-refractivity contribution in [2.24, 2.45) is 0 Å². The minimum Gasteiger partial charge on any atom is -0.314 e. The summed E-state index contributed by atoms with van der Waals surface area (Å²) in [7, 11) is 1.83. The van der Waals surface area contributed by atoms with E-state index in [1.54, 1.807) is 11.8 Å². The first-order chi connectivity index (χ1) is 9.95.